The molecule has 0 spiro atoms. The van der Waals surface area contributed by atoms with Gasteiger partial charge in [0.2, 0.25) is 0 Å². The zero-order valence-corrected chi connectivity index (χ0v) is 19.2. The van der Waals surface area contributed by atoms with Gasteiger partial charge in [-0.3, -0.25) is 29.4 Å². The normalized spacial score (nSPS) is 16.8. The van der Waals surface area contributed by atoms with Crippen molar-refractivity contribution in [2.45, 2.75) is 25.8 Å². The van der Waals surface area contributed by atoms with E-state index in [9.17, 15) is 29.6 Å². The molecule has 3 aromatic carbocycles. The summed E-state index contributed by atoms with van der Waals surface area (Å²) in [6, 6.07) is 17.6. The number of non-ortho nitro benzene ring substituents is 1. The summed E-state index contributed by atoms with van der Waals surface area (Å²) in [5.74, 6) is -3.20. The van der Waals surface area contributed by atoms with Crippen molar-refractivity contribution in [3.05, 3.63) is 111 Å². The molecule has 9 nitrogen and oxygen atoms in total. The van der Waals surface area contributed by atoms with Crippen molar-refractivity contribution in [3.63, 3.8) is 0 Å². The number of carbonyl (C=O) groups is 3. The first-order valence-corrected chi connectivity index (χ1v) is 11.2. The van der Waals surface area contributed by atoms with Gasteiger partial charge in [-0.1, -0.05) is 43.3 Å². The van der Waals surface area contributed by atoms with Gasteiger partial charge in [0.15, 0.2) is 0 Å². The summed E-state index contributed by atoms with van der Waals surface area (Å²) in [4.78, 5) is 49.1. The summed E-state index contributed by atoms with van der Waals surface area (Å²) in [5.41, 5.74) is 2.35. The minimum atomic E-state index is -0.998. The zero-order valence-electron chi connectivity index (χ0n) is 19.2. The van der Waals surface area contributed by atoms with E-state index in [1.54, 1.807) is 36.4 Å². The predicted octanol–water partition coefficient (Wildman–Crippen LogP) is 4.41. The molecule has 1 aliphatic rings. The number of aliphatic hydroxyl groups is 1. The van der Waals surface area contributed by atoms with E-state index in [0.717, 1.165) is 12.0 Å². The number of aryl methyl sites for hydroxylation is 1. The van der Waals surface area contributed by atoms with Gasteiger partial charge in [-0.25, -0.2) is 0 Å². The summed E-state index contributed by atoms with van der Waals surface area (Å²) in [6.07, 6.45) is 0.593. The predicted molar refractivity (Wildman–Crippen MR) is 131 cm³/mol. The Labute approximate surface area is 206 Å². The highest BCUT2D eigenvalue weighted by Gasteiger charge is 2.47. The zero-order chi connectivity index (χ0) is 26.0. The van der Waals surface area contributed by atoms with E-state index in [0.29, 0.717) is 16.8 Å². The van der Waals surface area contributed by atoms with Crippen LogP contribution in [0.4, 0.5) is 11.4 Å². The molecule has 36 heavy (non-hydrogen) atoms. The SMILES string of the molecule is CCc1ccc(C2/C(=C(/O)c3ccc([N+](=O)[O-])cc3)C(=O)C(=O)N2c2ccc(CC(=O)O)cc2)cc1. The van der Waals surface area contributed by atoms with E-state index in [-0.39, 0.29) is 23.2 Å². The Kier molecular flexibility index (Phi) is 6.64. The van der Waals surface area contributed by atoms with Crippen LogP contribution in [0.2, 0.25) is 0 Å². The van der Waals surface area contributed by atoms with Gasteiger partial charge in [-0.15, -0.1) is 0 Å². The molecule has 1 aliphatic heterocycles. The van der Waals surface area contributed by atoms with Gasteiger partial charge in [0, 0.05) is 23.4 Å². The molecule has 4 rings (SSSR count). The molecule has 0 aromatic heterocycles. The quantitative estimate of drug-likeness (QED) is 0.166. The summed E-state index contributed by atoms with van der Waals surface area (Å²) in [5, 5.41) is 31.2. The van der Waals surface area contributed by atoms with Crippen LogP contribution in [0.3, 0.4) is 0 Å². The number of carboxylic acids is 1. The number of nitro benzene ring substituents is 1. The number of rotatable bonds is 7. The number of Topliss-reactive ketones (excluding diaryl/α,β-unsaturated/α-hetero) is 1. The number of aliphatic hydroxyl groups excluding tert-OH is 1. The summed E-state index contributed by atoms with van der Waals surface area (Å²) >= 11 is 0. The fourth-order valence-electron chi connectivity index (χ4n) is 4.20. The molecular formula is C27H22N2O7. The highest BCUT2D eigenvalue weighted by Crippen LogP contribution is 2.42. The molecule has 1 fully saturated rings. The second-order valence-electron chi connectivity index (χ2n) is 8.31. The standard InChI is InChI=1S/C27H22N2O7/c1-2-16-3-7-18(8-4-16)24-23(25(32)19-9-13-21(14-10-19)29(35)36)26(33)27(34)28(24)20-11-5-17(6-12-20)15-22(30)31/h3-14,24,32H,2,15H2,1H3,(H,30,31)/b25-23-. The molecule has 0 saturated carbocycles. The molecule has 2 N–H and O–H groups in total. The van der Waals surface area contributed by atoms with E-state index in [1.807, 2.05) is 19.1 Å². The van der Waals surface area contributed by atoms with E-state index in [1.165, 1.54) is 29.2 Å². The lowest BCUT2D eigenvalue weighted by Crippen LogP contribution is -2.29. The Hall–Kier alpha value is -4.79. The van der Waals surface area contributed by atoms with Gasteiger partial charge in [0.1, 0.15) is 5.76 Å². The van der Waals surface area contributed by atoms with Gasteiger partial charge in [0.05, 0.1) is 23.0 Å². The van der Waals surface area contributed by atoms with Gasteiger partial charge in [0.25, 0.3) is 17.4 Å². The number of benzene rings is 3. The molecular weight excluding hydrogens is 464 g/mol. The fourth-order valence-corrected chi connectivity index (χ4v) is 4.20. The van der Waals surface area contributed by atoms with Crippen LogP contribution in [0.5, 0.6) is 0 Å². The topological polar surface area (TPSA) is 138 Å². The number of anilines is 1. The first-order valence-electron chi connectivity index (χ1n) is 11.2. The van der Waals surface area contributed by atoms with Gasteiger partial charge in [-0.2, -0.15) is 0 Å². The van der Waals surface area contributed by atoms with Crippen LogP contribution in [0.15, 0.2) is 78.4 Å². The molecule has 1 amide bonds. The first kappa shape index (κ1) is 24.3. The molecule has 9 heteroatoms. The van der Waals surface area contributed by atoms with Crippen LogP contribution >= 0.6 is 0 Å². The van der Waals surface area contributed by atoms with Crippen LogP contribution < -0.4 is 4.90 Å². The van der Waals surface area contributed by atoms with Gasteiger partial charge >= 0.3 is 5.97 Å². The minimum absolute atomic E-state index is 0.146. The van der Waals surface area contributed by atoms with Crippen molar-refractivity contribution >= 4 is 34.8 Å². The molecule has 0 aliphatic carbocycles. The molecule has 0 radical (unpaired) electrons. The summed E-state index contributed by atoms with van der Waals surface area (Å²) in [7, 11) is 0. The number of hydrogen-bond donors (Lipinski definition) is 2. The Bertz CT molecular complexity index is 1380. The lowest BCUT2D eigenvalue weighted by atomic mass is 9.94. The van der Waals surface area contributed by atoms with E-state index < -0.39 is 34.4 Å². The number of nitrogens with zero attached hydrogens (tertiary/aromatic N) is 2. The third-order valence-electron chi connectivity index (χ3n) is 6.07. The van der Waals surface area contributed by atoms with Crippen LogP contribution in [-0.4, -0.2) is 32.8 Å². The van der Waals surface area contributed by atoms with Crippen molar-refractivity contribution in [1.29, 1.82) is 0 Å². The van der Waals surface area contributed by atoms with Gasteiger partial charge in [-0.05, 0) is 47.4 Å². The Balaban J connectivity index is 1.85. The summed E-state index contributed by atoms with van der Waals surface area (Å²) in [6.45, 7) is 1.99. The molecule has 1 unspecified atom stereocenters. The van der Waals surface area contributed by atoms with Crippen LogP contribution in [0.1, 0.15) is 35.2 Å². The van der Waals surface area contributed by atoms with Crippen molar-refractivity contribution in [2.24, 2.45) is 0 Å². The largest absolute Gasteiger partial charge is 0.507 e. The number of carboxylic acid groups (broad SMARTS) is 1. The monoisotopic (exact) mass is 486 g/mol. The maximum atomic E-state index is 13.2. The lowest BCUT2D eigenvalue weighted by molar-refractivity contribution is -0.384. The van der Waals surface area contributed by atoms with E-state index in [4.69, 9.17) is 5.11 Å². The lowest BCUT2D eigenvalue weighted by Gasteiger charge is -2.25. The third-order valence-corrected chi connectivity index (χ3v) is 6.07. The average molecular weight is 486 g/mol. The average Bonchev–Trinajstić information content (AvgIpc) is 3.14. The summed E-state index contributed by atoms with van der Waals surface area (Å²) < 4.78 is 0. The molecule has 1 heterocycles. The maximum Gasteiger partial charge on any atom is 0.307 e. The smallest absolute Gasteiger partial charge is 0.307 e. The number of amides is 1. The number of ketones is 1. The Morgan fingerprint density at radius 3 is 2.03 bits per heavy atom. The van der Waals surface area contributed by atoms with Crippen LogP contribution in [-0.2, 0) is 27.2 Å². The highest BCUT2D eigenvalue weighted by atomic mass is 16.6. The number of nitro groups is 1. The first-order chi connectivity index (χ1) is 17.2. The van der Waals surface area contributed by atoms with Crippen molar-refractivity contribution in [2.75, 3.05) is 4.90 Å². The molecule has 3 aromatic rings. The third kappa shape index (κ3) is 4.58. The van der Waals surface area contributed by atoms with Crippen LogP contribution in [0, 0.1) is 10.1 Å². The van der Waals surface area contributed by atoms with Gasteiger partial charge < -0.3 is 10.2 Å². The second-order valence-corrected chi connectivity index (χ2v) is 8.31. The number of aliphatic carboxylic acids is 1. The van der Waals surface area contributed by atoms with Crippen LogP contribution in [0.25, 0.3) is 5.76 Å². The van der Waals surface area contributed by atoms with E-state index >= 15 is 0 Å². The van der Waals surface area contributed by atoms with Crippen molar-refractivity contribution < 1.29 is 29.5 Å². The molecule has 0 bridgehead atoms. The maximum absolute atomic E-state index is 13.2. The number of hydrogen-bond acceptors (Lipinski definition) is 6. The minimum Gasteiger partial charge on any atom is -0.507 e. The Morgan fingerprint density at radius 2 is 1.50 bits per heavy atom. The van der Waals surface area contributed by atoms with Crippen molar-refractivity contribution in [1.82, 2.24) is 0 Å². The second kappa shape index (κ2) is 9.83. The highest BCUT2D eigenvalue weighted by molar-refractivity contribution is 6.51. The van der Waals surface area contributed by atoms with Crippen molar-refractivity contribution in [3.8, 4) is 0 Å². The molecule has 1 saturated heterocycles. The number of carbonyl (C=O) groups excluding carboxylic acids is 2. The molecule has 1 atom stereocenters. The molecule has 182 valence electrons. The Morgan fingerprint density at radius 1 is 0.917 bits per heavy atom. The van der Waals surface area contributed by atoms with E-state index in [2.05, 4.69) is 0 Å². The fraction of sp³-hybridized carbons (Fsp3) is 0.148.